The number of pyridine rings is 1. The Morgan fingerprint density at radius 3 is 2.59 bits per heavy atom. The van der Waals surface area contributed by atoms with Crippen molar-refractivity contribution in [2.75, 3.05) is 24.2 Å². The Morgan fingerprint density at radius 1 is 1.35 bits per heavy atom. The maximum Gasteiger partial charge on any atom is 0.168 e. The van der Waals surface area contributed by atoms with Crippen LogP contribution in [0.1, 0.15) is 12.8 Å². The number of aliphatic hydroxyl groups is 1. The Labute approximate surface area is 98.1 Å². The van der Waals surface area contributed by atoms with E-state index in [1.165, 1.54) is 7.05 Å². The van der Waals surface area contributed by atoms with Crippen LogP contribution in [0, 0.1) is 17.6 Å². The van der Waals surface area contributed by atoms with Crippen LogP contribution in [0.4, 0.5) is 20.4 Å². The zero-order valence-electron chi connectivity index (χ0n) is 9.50. The van der Waals surface area contributed by atoms with Crippen molar-refractivity contribution in [2.45, 2.75) is 18.9 Å². The molecule has 94 valence electrons. The molecular weight excluding hydrogens is 228 g/mol. The molecule has 1 heterocycles. The molecule has 1 aromatic rings. The Balaban J connectivity index is 2.00. The molecule has 0 bridgehead atoms. The molecule has 0 saturated heterocycles. The van der Waals surface area contributed by atoms with Gasteiger partial charge in [0.15, 0.2) is 23.3 Å². The monoisotopic (exact) mass is 243 g/mol. The first kappa shape index (κ1) is 12.0. The van der Waals surface area contributed by atoms with Crippen LogP contribution in [0.15, 0.2) is 6.07 Å². The first-order chi connectivity index (χ1) is 8.10. The topological polar surface area (TPSA) is 57.2 Å². The predicted octanol–water partition coefficient (Wildman–Crippen LogP) is 1.58. The summed E-state index contributed by atoms with van der Waals surface area (Å²) in [6.45, 7) is 0.537. The third-order valence-corrected chi connectivity index (χ3v) is 2.94. The van der Waals surface area contributed by atoms with Crippen LogP contribution in [0.2, 0.25) is 0 Å². The summed E-state index contributed by atoms with van der Waals surface area (Å²) in [7, 11) is 1.52. The highest BCUT2D eigenvalue weighted by atomic mass is 19.1. The average molecular weight is 243 g/mol. The number of aromatic nitrogens is 1. The van der Waals surface area contributed by atoms with Crippen LogP contribution in [-0.2, 0) is 0 Å². The Kier molecular flexibility index (Phi) is 3.42. The minimum Gasteiger partial charge on any atom is -0.393 e. The normalized spacial score (nSPS) is 23.1. The van der Waals surface area contributed by atoms with Gasteiger partial charge >= 0.3 is 0 Å². The van der Waals surface area contributed by atoms with Gasteiger partial charge < -0.3 is 15.7 Å². The Bertz CT molecular complexity index is 408. The molecule has 1 saturated carbocycles. The molecule has 0 aromatic carbocycles. The molecule has 6 heteroatoms. The highest BCUT2D eigenvalue weighted by Crippen LogP contribution is 2.27. The van der Waals surface area contributed by atoms with Crippen molar-refractivity contribution >= 4 is 11.6 Å². The standard InChI is InChI=1S/C11H15F2N3O/c1-14-10-8(12)4-9(13)11(16-10)15-5-6-2-7(17)3-6/h4,6-7,17H,2-3,5H2,1H3,(H2,14,15,16). The number of halogens is 2. The van der Waals surface area contributed by atoms with Crippen LogP contribution in [0.3, 0.4) is 0 Å². The number of hydrogen-bond donors (Lipinski definition) is 3. The average Bonchev–Trinajstić information content (AvgIpc) is 2.25. The van der Waals surface area contributed by atoms with Crippen molar-refractivity contribution in [1.29, 1.82) is 0 Å². The van der Waals surface area contributed by atoms with Gasteiger partial charge in [-0.05, 0) is 18.8 Å². The molecule has 2 rings (SSSR count). The van der Waals surface area contributed by atoms with Crippen molar-refractivity contribution in [3.63, 3.8) is 0 Å². The van der Waals surface area contributed by atoms with Gasteiger partial charge in [0.05, 0.1) is 6.10 Å². The van der Waals surface area contributed by atoms with Crippen molar-refractivity contribution < 1.29 is 13.9 Å². The lowest BCUT2D eigenvalue weighted by Gasteiger charge is -2.31. The molecular formula is C11H15F2N3O. The summed E-state index contributed by atoms with van der Waals surface area (Å²) in [5.41, 5.74) is 0. The molecule has 0 amide bonds. The largest absolute Gasteiger partial charge is 0.393 e. The van der Waals surface area contributed by atoms with Crippen LogP contribution in [-0.4, -0.2) is 29.8 Å². The van der Waals surface area contributed by atoms with Crippen LogP contribution in [0.25, 0.3) is 0 Å². The van der Waals surface area contributed by atoms with E-state index in [2.05, 4.69) is 15.6 Å². The maximum atomic E-state index is 13.4. The molecule has 4 nitrogen and oxygen atoms in total. The Hall–Kier alpha value is -1.43. The van der Waals surface area contributed by atoms with Gasteiger partial charge in [-0.3, -0.25) is 0 Å². The van der Waals surface area contributed by atoms with Crippen molar-refractivity contribution in [3.8, 4) is 0 Å². The number of hydrogen-bond acceptors (Lipinski definition) is 4. The van der Waals surface area contributed by atoms with Crippen molar-refractivity contribution in [2.24, 2.45) is 5.92 Å². The van der Waals surface area contributed by atoms with Gasteiger partial charge in [0.2, 0.25) is 0 Å². The van der Waals surface area contributed by atoms with E-state index in [0.29, 0.717) is 25.3 Å². The first-order valence-electron chi connectivity index (χ1n) is 5.56. The smallest absolute Gasteiger partial charge is 0.168 e. The fourth-order valence-corrected chi connectivity index (χ4v) is 1.87. The van der Waals surface area contributed by atoms with Gasteiger partial charge in [0.25, 0.3) is 0 Å². The number of nitrogens with zero attached hydrogens (tertiary/aromatic N) is 1. The van der Waals surface area contributed by atoms with Crippen molar-refractivity contribution in [3.05, 3.63) is 17.7 Å². The molecule has 1 aliphatic carbocycles. The van der Waals surface area contributed by atoms with E-state index in [4.69, 9.17) is 5.11 Å². The lowest BCUT2D eigenvalue weighted by Crippen LogP contribution is -2.33. The molecule has 1 fully saturated rings. The highest BCUT2D eigenvalue weighted by molar-refractivity contribution is 5.47. The number of rotatable bonds is 4. The third kappa shape index (κ3) is 2.63. The SMILES string of the molecule is CNc1nc(NCC2CC(O)C2)c(F)cc1F. The van der Waals surface area contributed by atoms with E-state index >= 15 is 0 Å². The molecule has 0 atom stereocenters. The molecule has 17 heavy (non-hydrogen) atoms. The summed E-state index contributed by atoms with van der Waals surface area (Å²) in [5, 5.41) is 14.5. The lowest BCUT2D eigenvalue weighted by molar-refractivity contribution is 0.0486. The van der Waals surface area contributed by atoms with E-state index in [9.17, 15) is 8.78 Å². The molecule has 0 aliphatic heterocycles. The summed E-state index contributed by atoms with van der Waals surface area (Å²) >= 11 is 0. The highest BCUT2D eigenvalue weighted by Gasteiger charge is 2.27. The second kappa shape index (κ2) is 4.83. The van der Waals surface area contributed by atoms with Gasteiger partial charge in [-0.15, -0.1) is 0 Å². The van der Waals surface area contributed by atoms with E-state index < -0.39 is 11.6 Å². The zero-order valence-corrected chi connectivity index (χ0v) is 9.50. The lowest BCUT2D eigenvalue weighted by atomic mass is 9.82. The number of nitrogens with one attached hydrogen (secondary N) is 2. The van der Waals surface area contributed by atoms with Crippen molar-refractivity contribution in [1.82, 2.24) is 4.98 Å². The van der Waals surface area contributed by atoms with Gasteiger partial charge in [-0.2, -0.15) is 0 Å². The molecule has 0 unspecified atom stereocenters. The summed E-state index contributed by atoms with van der Waals surface area (Å²) in [6, 6.07) is 0.802. The van der Waals surface area contributed by atoms with E-state index in [1.807, 2.05) is 0 Å². The minimum atomic E-state index is -0.713. The van der Waals surface area contributed by atoms with Crippen LogP contribution < -0.4 is 10.6 Å². The van der Waals surface area contributed by atoms with Gasteiger partial charge in [0, 0.05) is 19.7 Å². The quantitative estimate of drug-likeness (QED) is 0.751. The second-order valence-electron chi connectivity index (χ2n) is 4.27. The third-order valence-electron chi connectivity index (χ3n) is 2.94. The van der Waals surface area contributed by atoms with E-state index in [-0.39, 0.29) is 17.7 Å². The van der Waals surface area contributed by atoms with Crippen LogP contribution in [0.5, 0.6) is 0 Å². The fraction of sp³-hybridized carbons (Fsp3) is 0.545. The molecule has 3 N–H and O–H groups in total. The van der Waals surface area contributed by atoms with Gasteiger partial charge in [-0.25, -0.2) is 13.8 Å². The molecule has 1 aliphatic rings. The molecule has 0 radical (unpaired) electrons. The number of anilines is 2. The van der Waals surface area contributed by atoms with E-state index in [1.54, 1.807) is 0 Å². The predicted molar refractivity (Wildman–Crippen MR) is 60.9 cm³/mol. The maximum absolute atomic E-state index is 13.4. The van der Waals surface area contributed by atoms with Gasteiger partial charge in [-0.1, -0.05) is 0 Å². The zero-order chi connectivity index (χ0) is 12.4. The minimum absolute atomic E-state index is 0.0162. The Morgan fingerprint density at radius 2 is 2.00 bits per heavy atom. The summed E-state index contributed by atoms with van der Waals surface area (Å²) in [6.07, 6.45) is 1.20. The van der Waals surface area contributed by atoms with Gasteiger partial charge in [0.1, 0.15) is 0 Å². The summed E-state index contributed by atoms with van der Waals surface area (Å²) in [4.78, 5) is 3.80. The summed E-state index contributed by atoms with van der Waals surface area (Å²) < 4.78 is 26.5. The second-order valence-corrected chi connectivity index (χ2v) is 4.27. The van der Waals surface area contributed by atoms with E-state index in [0.717, 1.165) is 6.07 Å². The number of aliphatic hydroxyl groups excluding tert-OH is 1. The molecule has 0 spiro atoms. The summed E-state index contributed by atoms with van der Waals surface area (Å²) in [5.74, 6) is -1.04. The fourth-order valence-electron chi connectivity index (χ4n) is 1.87. The molecule has 1 aromatic heterocycles. The first-order valence-corrected chi connectivity index (χ1v) is 5.56. The van der Waals surface area contributed by atoms with Crippen LogP contribution >= 0.6 is 0 Å².